The van der Waals surface area contributed by atoms with Crippen molar-refractivity contribution >= 4 is 29.2 Å². The summed E-state index contributed by atoms with van der Waals surface area (Å²) < 4.78 is 0. The lowest BCUT2D eigenvalue weighted by molar-refractivity contribution is -0.139. The summed E-state index contributed by atoms with van der Waals surface area (Å²) in [6.45, 7) is 2.79. The Hall–Kier alpha value is -0.770. The van der Waals surface area contributed by atoms with Gasteiger partial charge in [-0.05, 0) is 49.9 Å². The largest absolute Gasteiger partial charge is 0.480 e. The number of aliphatic carboxylic acids is 1. The second kappa shape index (κ2) is 10.0. The minimum atomic E-state index is -0.757. The fourth-order valence-corrected chi connectivity index (χ4v) is 2.47. The SMILES string of the molecule is CCCCC(NCCCCc1ccc(Cl)c(Cl)c1)C(=O)O. The van der Waals surface area contributed by atoms with Gasteiger partial charge in [-0.1, -0.05) is 49.0 Å². The Bertz CT molecular complexity index is 452. The normalized spacial score (nSPS) is 12.3. The lowest BCUT2D eigenvalue weighted by atomic mass is 10.1. The predicted molar refractivity (Wildman–Crippen MR) is 88.4 cm³/mol. The monoisotopic (exact) mass is 331 g/mol. The molecule has 2 N–H and O–H groups in total. The van der Waals surface area contributed by atoms with E-state index in [1.165, 1.54) is 0 Å². The molecule has 118 valence electrons. The maximum Gasteiger partial charge on any atom is 0.320 e. The van der Waals surface area contributed by atoms with Gasteiger partial charge < -0.3 is 10.4 Å². The summed E-state index contributed by atoms with van der Waals surface area (Å²) in [5.41, 5.74) is 1.16. The van der Waals surface area contributed by atoms with Gasteiger partial charge in [-0.2, -0.15) is 0 Å². The van der Waals surface area contributed by atoms with Gasteiger partial charge in [-0.15, -0.1) is 0 Å². The number of rotatable bonds is 10. The van der Waals surface area contributed by atoms with E-state index in [4.69, 9.17) is 28.3 Å². The molecule has 0 aliphatic rings. The number of carboxylic acid groups (broad SMARTS) is 1. The lowest BCUT2D eigenvalue weighted by Gasteiger charge is -2.13. The number of carboxylic acids is 1. The van der Waals surface area contributed by atoms with E-state index in [-0.39, 0.29) is 0 Å². The van der Waals surface area contributed by atoms with Crippen LogP contribution in [-0.4, -0.2) is 23.7 Å². The summed E-state index contributed by atoms with van der Waals surface area (Å²) in [5.74, 6) is -0.757. The average Bonchev–Trinajstić information content (AvgIpc) is 2.45. The number of aryl methyl sites for hydroxylation is 1. The third kappa shape index (κ3) is 7.16. The van der Waals surface area contributed by atoms with Crippen molar-refractivity contribution < 1.29 is 9.90 Å². The lowest BCUT2D eigenvalue weighted by Crippen LogP contribution is -2.37. The molecule has 0 aromatic heterocycles. The van der Waals surface area contributed by atoms with Gasteiger partial charge in [0.2, 0.25) is 0 Å². The first-order chi connectivity index (χ1) is 10.0. The van der Waals surface area contributed by atoms with E-state index in [1.54, 1.807) is 0 Å². The van der Waals surface area contributed by atoms with Crippen molar-refractivity contribution in [3.8, 4) is 0 Å². The van der Waals surface area contributed by atoms with Crippen LogP contribution in [0.25, 0.3) is 0 Å². The van der Waals surface area contributed by atoms with Gasteiger partial charge in [-0.25, -0.2) is 0 Å². The van der Waals surface area contributed by atoms with Crippen LogP contribution in [0.3, 0.4) is 0 Å². The van der Waals surface area contributed by atoms with Crippen LogP contribution in [0.2, 0.25) is 10.0 Å². The van der Waals surface area contributed by atoms with E-state index in [0.717, 1.165) is 44.2 Å². The number of nitrogens with one attached hydrogen (secondary N) is 1. The Morgan fingerprint density at radius 2 is 2.00 bits per heavy atom. The molecule has 0 aliphatic carbocycles. The first-order valence-electron chi connectivity index (χ1n) is 7.44. The molecular weight excluding hydrogens is 309 g/mol. The Morgan fingerprint density at radius 1 is 1.24 bits per heavy atom. The van der Waals surface area contributed by atoms with Crippen molar-refractivity contribution in [2.75, 3.05) is 6.54 Å². The summed E-state index contributed by atoms with van der Waals surface area (Å²) in [4.78, 5) is 11.1. The molecule has 0 heterocycles. The van der Waals surface area contributed by atoms with Gasteiger partial charge in [0.05, 0.1) is 10.0 Å². The van der Waals surface area contributed by atoms with Crippen LogP contribution in [0.5, 0.6) is 0 Å². The van der Waals surface area contributed by atoms with E-state index in [0.29, 0.717) is 16.5 Å². The second-order valence-corrected chi connectivity index (χ2v) is 6.01. The fraction of sp³-hybridized carbons (Fsp3) is 0.562. The molecular formula is C16H23Cl2NO2. The zero-order valence-electron chi connectivity index (χ0n) is 12.4. The molecule has 0 spiro atoms. The summed E-state index contributed by atoms with van der Waals surface area (Å²) in [6.07, 6.45) is 5.50. The highest BCUT2D eigenvalue weighted by Crippen LogP contribution is 2.23. The molecule has 0 aliphatic heterocycles. The molecule has 1 rings (SSSR count). The quantitative estimate of drug-likeness (QED) is 0.618. The Kier molecular flexibility index (Phi) is 8.74. The van der Waals surface area contributed by atoms with Crippen LogP contribution in [0, 0.1) is 0 Å². The Morgan fingerprint density at radius 3 is 2.62 bits per heavy atom. The average molecular weight is 332 g/mol. The smallest absolute Gasteiger partial charge is 0.320 e. The van der Waals surface area contributed by atoms with Crippen LogP contribution >= 0.6 is 23.2 Å². The Balaban J connectivity index is 2.23. The molecule has 1 aromatic carbocycles. The van der Waals surface area contributed by atoms with Gasteiger partial charge >= 0.3 is 5.97 Å². The maximum absolute atomic E-state index is 11.1. The number of carbonyl (C=O) groups is 1. The molecule has 0 amide bonds. The summed E-state index contributed by atoms with van der Waals surface area (Å²) in [7, 11) is 0. The van der Waals surface area contributed by atoms with Gasteiger partial charge in [-0.3, -0.25) is 4.79 Å². The molecule has 0 fully saturated rings. The standard InChI is InChI=1S/C16H23Cl2NO2/c1-2-3-7-15(16(20)21)19-10-5-4-6-12-8-9-13(17)14(18)11-12/h8-9,11,15,19H,2-7,10H2,1H3,(H,20,21). The highest BCUT2D eigenvalue weighted by Gasteiger charge is 2.14. The molecule has 0 saturated heterocycles. The summed E-state index contributed by atoms with van der Waals surface area (Å²) >= 11 is 11.8. The molecule has 0 radical (unpaired) electrons. The molecule has 21 heavy (non-hydrogen) atoms. The van der Waals surface area contributed by atoms with E-state index < -0.39 is 12.0 Å². The summed E-state index contributed by atoms with van der Waals surface area (Å²) in [5, 5.41) is 13.4. The van der Waals surface area contributed by atoms with E-state index in [1.807, 2.05) is 18.2 Å². The zero-order chi connectivity index (χ0) is 15.7. The third-order valence-electron chi connectivity index (χ3n) is 3.41. The van der Waals surface area contributed by atoms with Crippen LogP contribution < -0.4 is 5.32 Å². The molecule has 0 saturated carbocycles. The van der Waals surface area contributed by atoms with E-state index in [2.05, 4.69) is 12.2 Å². The molecule has 3 nitrogen and oxygen atoms in total. The van der Waals surface area contributed by atoms with Gasteiger partial charge in [0.1, 0.15) is 6.04 Å². The summed E-state index contributed by atoms with van der Waals surface area (Å²) in [6, 6.07) is 5.25. The Labute approximate surface area is 136 Å². The number of benzene rings is 1. The van der Waals surface area contributed by atoms with Gasteiger partial charge in [0.25, 0.3) is 0 Å². The topological polar surface area (TPSA) is 49.3 Å². The second-order valence-electron chi connectivity index (χ2n) is 5.19. The number of hydrogen-bond acceptors (Lipinski definition) is 2. The van der Waals surface area contributed by atoms with Crippen LogP contribution in [-0.2, 0) is 11.2 Å². The third-order valence-corrected chi connectivity index (χ3v) is 4.15. The minimum Gasteiger partial charge on any atom is -0.480 e. The highest BCUT2D eigenvalue weighted by molar-refractivity contribution is 6.42. The van der Waals surface area contributed by atoms with Crippen molar-refractivity contribution in [2.45, 2.75) is 51.5 Å². The van der Waals surface area contributed by atoms with Gasteiger partial charge in [0, 0.05) is 0 Å². The van der Waals surface area contributed by atoms with Crippen LogP contribution in [0.15, 0.2) is 18.2 Å². The van der Waals surface area contributed by atoms with E-state index >= 15 is 0 Å². The van der Waals surface area contributed by atoms with Crippen molar-refractivity contribution in [3.05, 3.63) is 33.8 Å². The molecule has 1 atom stereocenters. The molecule has 1 unspecified atom stereocenters. The maximum atomic E-state index is 11.1. The molecule has 5 heteroatoms. The van der Waals surface area contributed by atoms with Crippen LogP contribution in [0.4, 0.5) is 0 Å². The first-order valence-corrected chi connectivity index (χ1v) is 8.20. The number of halogens is 2. The van der Waals surface area contributed by atoms with Crippen molar-refractivity contribution in [1.82, 2.24) is 5.32 Å². The molecule has 0 bridgehead atoms. The predicted octanol–water partition coefficient (Wildman–Crippen LogP) is 4.55. The van der Waals surface area contributed by atoms with E-state index in [9.17, 15) is 4.79 Å². The highest BCUT2D eigenvalue weighted by atomic mass is 35.5. The number of hydrogen-bond donors (Lipinski definition) is 2. The first kappa shape index (κ1) is 18.3. The van der Waals surface area contributed by atoms with Crippen molar-refractivity contribution in [2.24, 2.45) is 0 Å². The van der Waals surface area contributed by atoms with Crippen molar-refractivity contribution in [1.29, 1.82) is 0 Å². The zero-order valence-corrected chi connectivity index (χ0v) is 13.9. The van der Waals surface area contributed by atoms with Gasteiger partial charge in [0.15, 0.2) is 0 Å². The minimum absolute atomic E-state index is 0.421. The number of unbranched alkanes of at least 4 members (excludes halogenated alkanes) is 2. The van der Waals surface area contributed by atoms with Crippen LogP contribution in [0.1, 0.15) is 44.6 Å². The fourth-order valence-electron chi connectivity index (χ4n) is 2.15. The molecule has 1 aromatic rings. The van der Waals surface area contributed by atoms with Crippen molar-refractivity contribution in [3.63, 3.8) is 0 Å².